The number of carbonyl (C=O) groups excluding carboxylic acids is 1. The van der Waals surface area contributed by atoms with E-state index in [2.05, 4.69) is 15.5 Å². The van der Waals surface area contributed by atoms with E-state index in [0.717, 1.165) is 23.4 Å². The molecule has 4 rings (SSSR count). The molecule has 8 heteroatoms. The molecule has 0 spiro atoms. The number of carbonyl (C=O) groups is 1. The molecular formula is C24H21ClN4O3. The van der Waals surface area contributed by atoms with Crippen LogP contribution in [0.5, 0.6) is 0 Å². The third-order valence-electron chi connectivity index (χ3n) is 5.06. The Balaban J connectivity index is 1.84. The zero-order valence-electron chi connectivity index (χ0n) is 17.6. The first kappa shape index (κ1) is 21.5. The maximum absolute atomic E-state index is 13.0. The average molecular weight is 449 g/mol. The molecule has 1 aliphatic heterocycles. The number of nitrogens with one attached hydrogen (secondary N) is 2. The van der Waals surface area contributed by atoms with Gasteiger partial charge in [0.1, 0.15) is 5.02 Å². The number of fused-ring (bicyclic) bond motifs is 1. The fourth-order valence-electron chi connectivity index (χ4n) is 3.65. The molecule has 7 nitrogen and oxygen atoms in total. The lowest BCUT2D eigenvalue weighted by Gasteiger charge is -2.16. The van der Waals surface area contributed by atoms with Crippen molar-refractivity contribution in [2.75, 3.05) is 24.7 Å². The van der Waals surface area contributed by atoms with E-state index in [0.29, 0.717) is 22.5 Å². The summed E-state index contributed by atoms with van der Waals surface area (Å²) in [6.45, 7) is 0.813. The van der Waals surface area contributed by atoms with E-state index in [4.69, 9.17) is 11.6 Å². The first-order chi connectivity index (χ1) is 15.3. The second kappa shape index (κ2) is 8.82. The summed E-state index contributed by atoms with van der Waals surface area (Å²) in [6.07, 6.45) is 0. The number of benzene rings is 3. The number of nitro benzene ring substituents is 1. The largest absolute Gasteiger partial charge is 0.354 e. The van der Waals surface area contributed by atoms with E-state index in [1.807, 2.05) is 68.7 Å². The van der Waals surface area contributed by atoms with E-state index in [1.165, 1.54) is 12.1 Å². The van der Waals surface area contributed by atoms with Crippen molar-refractivity contribution in [3.8, 4) is 0 Å². The summed E-state index contributed by atoms with van der Waals surface area (Å²) >= 11 is 6.05. The third-order valence-corrected chi connectivity index (χ3v) is 5.37. The number of hydrogen-bond donors (Lipinski definition) is 2. The Kier molecular flexibility index (Phi) is 5.94. The Hall–Kier alpha value is -3.68. The van der Waals surface area contributed by atoms with E-state index in [9.17, 15) is 14.9 Å². The summed E-state index contributed by atoms with van der Waals surface area (Å²) in [4.78, 5) is 25.9. The molecule has 0 aromatic heterocycles. The van der Waals surface area contributed by atoms with Crippen LogP contribution in [0.15, 0.2) is 66.7 Å². The highest BCUT2D eigenvalue weighted by Crippen LogP contribution is 2.42. The molecule has 1 aliphatic rings. The van der Waals surface area contributed by atoms with Crippen molar-refractivity contribution in [1.29, 1.82) is 0 Å². The van der Waals surface area contributed by atoms with Gasteiger partial charge in [-0.15, -0.1) is 0 Å². The number of nitro groups is 1. The monoisotopic (exact) mass is 448 g/mol. The number of hydrogen-bond acceptors (Lipinski definition) is 5. The molecule has 3 aromatic rings. The van der Waals surface area contributed by atoms with E-state index in [-0.39, 0.29) is 16.6 Å². The predicted molar refractivity (Wildman–Crippen MR) is 127 cm³/mol. The van der Waals surface area contributed by atoms with Crippen LogP contribution in [0.3, 0.4) is 0 Å². The molecular weight excluding hydrogens is 428 g/mol. The Labute approximate surface area is 190 Å². The van der Waals surface area contributed by atoms with Gasteiger partial charge in [-0.3, -0.25) is 14.9 Å². The number of nitrogens with zero attached hydrogens (tertiary/aromatic N) is 2. The minimum Gasteiger partial charge on any atom is -0.354 e. The summed E-state index contributed by atoms with van der Waals surface area (Å²) in [5.74, 6) is -0.354. The van der Waals surface area contributed by atoms with Gasteiger partial charge in [0.25, 0.3) is 11.6 Å². The van der Waals surface area contributed by atoms with E-state index < -0.39 is 4.92 Å². The Morgan fingerprint density at radius 1 is 1.09 bits per heavy atom. The lowest BCUT2D eigenvalue weighted by Crippen LogP contribution is -2.11. The first-order valence-electron chi connectivity index (χ1n) is 9.93. The van der Waals surface area contributed by atoms with Crippen molar-refractivity contribution in [3.05, 3.63) is 98.6 Å². The minimum atomic E-state index is -0.553. The van der Waals surface area contributed by atoms with E-state index in [1.54, 1.807) is 0 Å². The Morgan fingerprint density at radius 3 is 2.41 bits per heavy atom. The zero-order chi connectivity index (χ0) is 22.8. The van der Waals surface area contributed by atoms with Crippen LogP contribution in [-0.4, -0.2) is 29.8 Å². The van der Waals surface area contributed by atoms with Gasteiger partial charge in [-0.1, -0.05) is 54.1 Å². The second-order valence-corrected chi connectivity index (χ2v) is 8.14. The van der Waals surface area contributed by atoms with Gasteiger partial charge in [0, 0.05) is 23.9 Å². The van der Waals surface area contributed by atoms with Crippen molar-refractivity contribution in [2.24, 2.45) is 0 Å². The molecule has 1 amide bonds. The molecule has 0 saturated carbocycles. The molecule has 3 aromatic carbocycles. The van der Waals surface area contributed by atoms with Gasteiger partial charge >= 0.3 is 0 Å². The van der Waals surface area contributed by atoms with Crippen LogP contribution < -0.4 is 10.6 Å². The molecule has 0 saturated heterocycles. The maximum Gasteiger partial charge on any atom is 0.288 e. The molecule has 2 N–H and O–H groups in total. The van der Waals surface area contributed by atoms with Gasteiger partial charge < -0.3 is 15.5 Å². The predicted octanol–water partition coefficient (Wildman–Crippen LogP) is 5.24. The third kappa shape index (κ3) is 4.34. The van der Waals surface area contributed by atoms with Crippen LogP contribution in [0, 0.1) is 10.1 Å². The van der Waals surface area contributed by atoms with Crippen molar-refractivity contribution < 1.29 is 9.72 Å². The molecule has 0 bridgehead atoms. The molecule has 0 fully saturated rings. The van der Waals surface area contributed by atoms with Crippen molar-refractivity contribution in [3.63, 3.8) is 0 Å². The highest BCUT2D eigenvalue weighted by Gasteiger charge is 2.31. The minimum absolute atomic E-state index is 0.0269. The number of rotatable bonds is 6. The smallest absolute Gasteiger partial charge is 0.288 e. The fraction of sp³-hybridized carbons (Fsp3) is 0.125. The first-order valence-corrected chi connectivity index (χ1v) is 10.3. The van der Waals surface area contributed by atoms with Crippen LogP contribution in [0.1, 0.15) is 16.7 Å². The summed E-state index contributed by atoms with van der Waals surface area (Å²) in [5.41, 5.74) is 4.23. The van der Waals surface area contributed by atoms with Crippen LogP contribution in [-0.2, 0) is 11.3 Å². The topological polar surface area (TPSA) is 87.5 Å². The van der Waals surface area contributed by atoms with Crippen molar-refractivity contribution in [2.45, 2.75) is 6.54 Å². The van der Waals surface area contributed by atoms with Crippen molar-refractivity contribution >= 4 is 45.8 Å². The van der Waals surface area contributed by atoms with Gasteiger partial charge in [0.05, 0.1) is 21.9 Å². The van der Waals surface area contributed by atoms with Crippen molar-refractivity contribution in [1.82, 2.24) is 4.90 Å². The van der Waals surface area contributed by atoms with Crippen LogP contribution in [0.25, 0.3) is 11.3 Å². The number of halogens is 1. The molecule has 1 heterocycles. The highest BCUT2D eigenvalue weighted by molar-refractivity contribution is 6.39. The van der Waals surface area contributed by atoms with Crippen LogP contribution in [0.4, 0.5) is 17.1 Å². The van der Waals surface area contributed by atoms with Crippen LogP contribution >= 0.6 is 11.6 Å². The molecule has 0 radical (unpaired) electrons. The van der Waals surface area contributed by atoms with E-state index >= 15 is 0 Å². The van der Waals surface area contributed by atoms with Gasteiger partial charge in [0.15, 0.2) is 0 Å². The molecule has 0 atom stereocenters. The average Bonchev–Trinajstić information content (AvgIpc) is 3.07. The van der Waals surface area contributed by atoms with Gasteiger partial charge in [-0.25, -0.2) is 0 Å². The standard InChI is InChI=1S/C24H21ClN4O3/c1-28(2)14-15-8-10-17(11-9-15)26-23(16-6-4-3-5-7-16)22-18-12-21(29(31)32)19(25)13-20(18)27-24(22)30/h3-13,26H,14H2,1-2H3,(H,27,30). The molecule has 32 heavy (non-hydrogen) atoms. The van der Waals surface area contributed by atoms with Gasteiger partial charge in [-0.2, -0.15) is 0 Å². The molecule has 0 aliphatic carbocycles. The maximum atomic E-state index is 13.0. The second-order valence-electron chi connectivity index (χ2n) is 7.74. The highest BCUT2D eigenvalue weighted by atomic mass is 35.5. The Bertz CT molecular complexity index is 1220. The van der Waals surface area contributed by atoms with Gasteiger partial charge in [-0.05, 0) is 43.4 Å². The summed E-state index contributed by atoms with van der Waals surface area (Å²) in [7, 11) is 4.01. The quantitative estimate of drug-likeness (QED) is 0.306. The number of anilines is 2. The summed E-state index contributed by atoms with van der Waals surface area (Å²) in [5, 5.41) is 17.5. The molecule has 0 unspecified atom stereocenters. The van der Waals surface area contributed by atoms with Gasteiger partial charge in [0.2, 0.25) is 0 Å². The fourth-order valence-corrected chi connectivity index (χ4v) is 3.89. The normalized spacial score (nSPS) is 14.2. The lowest BCUT2D eigenvalue weighted by atomic mass is 9.99. The molecule has 162 valence electrons. The SMILES string of the molecule is CN(C)Cc1ccc(NC(=C2C(=O)Nc3cc(Cl)c([N+](=O)[O-])cc32)c2ccccc2)cc1. The number of amides is 1. The zero-order valence-corrected chi connectivity index (χ0v) is 18.3. The lowest BCUT2D eigenvalue weighted by molar-refractivity contribution is -0.384. The summed E-state index contributed by atoms with van der Waals surface area (Å²) < 4.78 is 0. The van der Waals surface area contributed by atoms with Crippen LogP contribution in [0.2, 0.25) is 5.02 Å². The summed E-state index contributed by atoms with van der Waals surface area (Å²) in [6, 6.07) is 20.1. The Morgan fingerprint density at radius 2 is 1.78 bits per heavy atom.